The maximum Gasteiger partial charge on any atom is 0.0826 e. The van der Waals surface area contributed by atoms with Gasteiger partial charge in [0.25, 0.3) is 0 Å². The molecule has 0 radical (unpaired) electrons. The highest BCUT2D eigenvalue weighted by Crippen LogP contribution is 2.21. The lowest BCUT2D eigenvalue weighted by Gasteiger charge is -2.33. The van der Waals surface area contributed by atoms with Crippen LogP contribution in [0, 0.1) is 5.92 Å². The zero-order chi connectivity index (χ0) is 15.1. The van der Waals surface area contributed by atoms with Gasteiger partial charge >= 0.3 is 0 Å². The number of benzene rings is 1. The summed E-state index contributed by atoms with van der Waals surface area (Å²) in [7, 11) is 0. The lowest BCUT2D eigenvalue weighted by Crippen LogP contribution is -2.47. The van der Waals surface area contributed by atoms with Crippen LogP contribution in [0.2, 0.25) is 0 Å². The third-order valence-electron chi connectivity index (χ3n) is 4.17. The highest BCUT2D eigenvalue weighted by atomic mass is 16.5. The first-order chi connectivity index (χ1) is 10.2. The van der Waals surface area contributed by atoms with Crippen LogP contribution in [0.1, 0.15) is 38.8 Å². The Morgan fingerprint density at radius 2 is 2.05 bits per heavy atom. The number of rotatable bonds is 7. The van der Waals surface area contributed by atoms with Gasteiger partial charge in [0, 0.05) is 25.7 Å². The molecule has 1 N–H and O–H groups in total. The zero-order valence-electron chi connectivity index (χ0n) is 13.7. The molecule has 1 fully saturated rings. The predicted molar refractivity (Wildman–Crippen MR) is 88.5 cm³/mol. The van der Waals surface area contributed by atoms with Crippen molar-refractivity contribution in [1.82, 2.24) is 10.2 Å². The number of nitrogens with one attached hydrogen (secondary N) is 1. The molecule has 3 heteroatoms. The predicted octanol–water partition coefficient (Wildman–Crippen LogP) is 3.08. The van der Waals surface area contributed by atoms with Crippen LogP contribution in [-0.2, 0) is 4.74 Å². The number of morpholine rings is 1. The molecule has 0 aromatic heterocycles. The molecule has 2 rings (SSSR count). The van der Waals surface area contributed by atoms with Crippen molar-refractivity contribution in [2.45, 2.75) is 39.3 Å². The van der Waals surface area contributed by atoms with Crippen LogP contribution in [0.3, 0.4) is 0 Å². The first-order valence-corrected chi connectivity index (χ1v) is 8.31. The number of hydrogen-bond donors (Lipinski definition) is 1. The van der Waals surface area contributed by atoms with Crippen LogP contribution in [0.4, 0.5) is 0 Å². The van der Waals surface area contributed by atoms with E-state index in [0.29, 0.717) is 18.1 Å². The summed E-state index contributed by atoms with van der Waals surface area (Å²) < 4.78 is 5.90. The minimum absolute atomic E-state index is 0.317. The molecule has 2 atom stereocenters. The van der Waals surface area contributed by atoms with Crippen molar-refractivity contribution in [2.75, 3.05) is 32.8 Å². The molecule has 1 saturated heterocycles. The van der Waals surface area contributed by atoms with Crippen molar-refractivity contribution < 1.29 is 4.74 Å². The zero-order valence-corrected chi connectivity index (χ0v) is 13.7. The number of nitrogens with zero attached hydrogens (tertiary/aromatic N) is 1. The van der Waals surface area contributed by atoms with Gasteiger partial charge < -0.3 is 10.1 Å². The van der Waals surface area contributed by atoms with Crippen LogP contribution >= 0.6 is 0 Å². The van der Waals surface area contributed by atoms with Crippen LogP contribution in [-0.4, -0.2) is 43.8 Å². The van der Waals surface area contributed by atoms with Crippen molar-refractivity contribution in [1.29, 1.82) is 0 Å². The fraction of sp³-hybridized carbons (Fsp3) is 0.667. The average Bonchev–Trinajstić information content (AvgIpc) is 2.52. The van der Waals surface area contributed by atoms with Gasteiger partial charge in [0.05, 0.1) is 12.7 Å². The summed E-state index contributed by atoms with van der Waals surface area (Å²) >= 11 is 0. The molecule has 0 spiro atoms. The van der Waals surface area contributed by atoms with Gasteiger partial charge in [-0.25, -0.2) is 0 Å². The molecule has 3 nitrogen and oxygen atoms in total. The van der Waals surface area contributed by atoms with E-state index in [4.69, 9.17) is 4.74 Å². The van der Waals surface area contributed by atoms with Crippen molar-refractivity contribution >= 4 is 0 Å². The van der Waals surface area contributed by atoms with Crippen molar-refractivity contribution in [3.63, 3.8) is 0 Å². The fourth-order valence-electron chi connectivity index (χ4n) is 2.96. The van der Waals surface area contributed by atoms with E-state index < -0.39 is 0 Å². The minimum atomic E-state index is 0.317. The largest absolute Gasteiger partial charge is 0.374 e. The fourth-order valence-corrected chi connectivity index (χ4v) is 2.96. The molecule has 1 aromatic rings. The van der Waals surface area contributed by atoms with Gasteiger partial charge in [-0.3, -0.25) is 4.90 Å². The molecule has 118 valence electrons. The highest BCUT2D eigenvalue weighted by Gasteiger charge is 2.21. The summed E-state index contributed by atoms with van der Waals surface area (Å²) in [5.41, 5.74) is 1.38. The highest BCUT2D eigenvalue weighted by molar-refractivity contribution is 5.18. The molecule has 0 saturated carbocycles. The van der Waals surface area contributed by atoms with Gasteiger partial charge in [0.2, 0.25) is 0 Å². The van der Waals surface area contributed by atoms with E-state index in [0.717, 1.165) is 39.2 Å². The quantitative estimate of drug-likeness (QED) is 0.835. The molecule has 0 amide bonds. The van der Waals surface area contributed by atoms with E-state index >= 15 is 0 Å². The molecule has 1 aromatic carbocycles. The van der Waals surface area contributed by atoms with Gasteiger partial charge in [-0.15, -0.1) is 0 Å². The molecular formula is C18H30N2O. The summed E-state index contributed by atoms with van der Waals surface area (Å²) in [5, 5.41) is 3.73. The Labute approximate surface area is 129 Å². The van der Waals surface area contributed by atoms with Crippen LogP contribution in [0.25, 0.3) is 0 Å². The monoisotopic (exact) mass is 290 g/mol. The van der Waals surface area contributed by atoms with Crippen LogP contribution < -0.4 is 5.32 Å². The van der Waals surface area contributed by atoms with Crippen molar-refractivity contribution in [2.24, 2.45) is 5.92 Å². The summed E-state index contributed by atoms with van der Waals surface area (Å²) in [6, 6.07) is 11.2. The van der Waals surface area contributed by atoms with Crippen molar-refractivity contribution in [3.8, 4) is 0 Å². The Kier molecular flexibility index (Phi) is 6.68. The lowest BCUT2D eigenvalue weighted by molar-refractivity contribution is -0.0266. The molecular weight excluding hydrogens is 260 g/mol. The topological polar surface area (TPSA) is 24.5 Å². The maximum atomic E-state index is 5.90. The second-order valence-corrected chi connectivity index (χ2v) is 6.39. The Morgan fingerprint density at radius 3 is 2.71 bits per heavy atom. The first kappa shape index (κ1) is 16.5. The van der Waals surface area contributed by atoms with Crippen LogP contribution in [0.5, 0.6) is 0 Å². The minimum Gasteiger partial charge on any atom is -0.374 e. The van der Waals surface area contributed by atoms with Crippen LogP contribution in [0.15, 0.2) is 30.3 Å². The molecule has 1 heterocycles. The summed E-state index contributed by atoms with van der Waals surface area (Å²) in [5.74, 6) is 0.683. The molecule has 1 aliphatic heterocycles. The van der Waals surface area contributed by atoms with Gasteiger partial charge in [0.1, 0.15) is 0 Å². The van der Waals surface area contributed by atoms with Crippen molar-refractivity contribution in [3.05, 3.63) is 35.9 Å². The van der Waals surface area contributed by atoms with E-state index in [1.165, 1.54) is 5.56 Å². The number of hydrogen-bond acceptors (Lipinski definition) is 3. The Hall–Kier alpha value is -0.900. The third-order valence-corrected chi connectivity index (χ3v) is 4.17. The Morgan fingerprint density at radius 1 is 1.29 bits per heavy atom. The van der Waals surface area contributed by atoms with E-state index in [1.807, 2.05) is 0 Å². The van der Waals surface area contributed by atoms with E-state index in [2.05, 4.69) is 61.3 Å². The smallest absolute Gasteiger partial charge is 0.0826 e. The molecule has 1 aliphatic rings. The molecule has 0 bridgehead atoms. The van der Waals surface area contributed by atoms with Gasteiger partial charge in [-0.2, -0.15) is 0 Å². The molecule has 0 aliphatic carbocycles. The first-order valence-electron chi connectivity index (χ1n) is 8.31. The summed E-state index contributed by atoms with van der Waals surface area (Å²) in [6.45, 7) is 11.8. The normalized spacial score (nSPS) is 21.6. The third kappa shape index (κ3) is 5.42. The molecule has 21 heavy (non-hydrogen) atoms. The number of likely N-dealkylation sites (N-methyl/N-ethyl adjacent to an activating group) is 1. The van der Waals surface area contributed by atoms with E-state index in [-0.39, 0.29) is 0 Å². The standard InChI is InChI=1S/C18H30N2O/c1-4-20-10-11-21-17(14-20)13-19-18(12-15(2)3)16-8-6-5-7-9-16/h5-9,15,17-19H,4,10-14H2,1-3H3. The summed E-state index contributed by atoms with van der Waals surface area (Å²) in [4.78, 5) is 2.47. The van der Waals surface area contributed by atoms with Gasteiger partial charge in [0.15, 0.2) is 0 Å². The van der Waals surface area contributed by atoms with Gasteiger partial charge in [-0.1, -0.05) is 51.1 Å². The molecule has 2 unspecified atom stereocenters. The second kappa shape index (κ2) is 8.52. The number of ether oxygens (including phenoxy) is 1. The Bertz CT molecular complexity index is 393. The second-order valence-electron chi connectivity index (χ2n) is 6.39. The lowest BCUT2D eigenvalue weighted by atomic mass is 9.97. The SMILES string of the molecule is CCN1CCOC(CNC(CC(C)C)c2ccccc2)C1. The van der Waals surface area contributed by atoms with E-state index in [9.17, 15) is 0 Å². The summed E-state index contributed by atoms with van der Waals surface area (Å²) in [6.07, 6.45) is 1.48. The maximum absolute atomic E-state index is 5.90. The average molecular weight is 290 g/mol. The Balaban J connectivity index is 1.90. The van der Waals surface area contributed by atoms with Gasteiger partial charge in [-0.05, 0) is 24.4 Å². The van der Waals surface area contributed by atoms with E-state index in [1.54, 1.807) is 0 Å².